The van der Waals surface area contributed by atoms with Crippen molar-refractivity contribution in [1.82, 2.24) is 0 Å². The fourth-order valence-electron chi connectivity index (χ4n) is 5.44. The van der Waals surface area contributed by atoms with Crippen molar-refractivity contribution in [2.45, 2.75) is 32.1 Å². The van der Waals surface area contributed by atoms with Gasteiger partial charge in [0.2, 0.25) is 0 Å². The molecule has 190 valence electrons. The third-order valence-electron chi connectivity index (χ3n) is 7.38. The van der Waals surface area contributed by atoms with Crippen molar-refractivity contribution in [3.05, 3.63) is 88.2 Å². The van der Waals surface area contributed by atoms with E-state index in [9.17, 15) is 18.8 Å². The van der Waals surface area contributed by atoms with Crippen LogP contribution in [-0.4, -0.2) is 31.3 Å². The van der Waals surface area contributed by atoms with Gasteiger partial charge in [0, 0.05) is 35.8 Å². The molecule has 1 aliphatic heterocycles. The highest BCUT2D eigenvalue weighted by Gasteiger charge is 2.44. The molecule has 0 saturated heterocycles. The van der Waals surface area contributed by atoms with Crippen molar-refractivity contribution in [1.29, 1.82) is 0 Å². The number of halogens is 2. The van der Waals surface area contributed by atoms with Crippen LogP contribution < -0.4 is 15.0 Å². The lowest BCUT2D eigenvalue weighted by molar-refractivity contribution is -0.126. The molecule has 0 radical (unpaired) electrons. The van der Waals surface area contributed by atoms with E-state index in [1.807, 2.05) is 24.3 Å². The number of fused-ring (bicyclic) bond motifs is 1. The molecule has 0 aromatic heterocycles. The van der Waals surface area contributed by atoms with Crippen LogP contribution in [0.2, 0.25) is 5.02 Å². The molecule has 2 aliphatic rings. The molecule has 1 fully saturated rings. The minimum atomic E-state index is -0.585. The first kappa shape index (κ1) is 25.0. The van der Waals surface area contributed by atoms with Crippen molar-refractivity contribution < 1.29 is 23.5 Å². The van der Waals surface area contributed by atoms with Gasteiger partial charge in [0.15, 0.2) is 0 Å². The second-order valence-electron chi connectivity index (χ2n) is 9.56. The van der Waals surface area contributed by atoms with Crippen LogP contribution >= 0.6 is 11.6 Å². The number of methoxy groups -OCH3 is 1. The highest BCUT2D eigenvalue weighted by molar-refractivity contribution is 6.34. The van der Waals surface area contributed by atoms with E-state index in [-0.39, 0.29) is 28.0 Å². The Morgan fingerprint density at radius 3 is 2.62 bits per heavy atom. The quantitative estimate of drug-likeness (QED) is 0.453. The molecular formula is C29H26ClFN2O4. The number of ketones is 1. The topological polar surface area (TPSA) is 75.7 Å². The van der Waals surface area contributed by atoms with Gasteiger partial charge in [0.05, 0.1) is 23.3 Å². The summed E-state index contributed by atoms with van der Waals surface area (Å²) in [6.45, 7) is 0.418. The van der Waals surface area contributed by atoms with Crippen LogP contribution in [0.5, 0.6) is 5.75 Å². The number of ether oxygens (including phenoxy) is 1. The maximum atomic E-state index is 13.8. The molecule has 1 saturated carbocycles. The summed E-state index contributed by atoms with van der Waals surface area (Å²) in [5.41, 5.74) is 2.06. The second-order valence-corrected chi connectivity index (χ2v) is 9.97. The van der Waals surface area contributed by atoms with Crippen molar-refractivity contribution in [3.63, 3.8) is 0 Å². The number of hydrogen-bond acceptors (Lipinski definition) is 4. The lowest BCUT2D eigenvalue weighted by atomic mass is 9.77. The van der Waals surface area contributed by atoms with Gasteiger partial charge in [-0.15, -0.1) is 0 Å². The highest BCUT2D eigenvalue weighted by atomic mass is 35.5. The van der Waals surface area contributed by atoms with Crippen molar-refractivity contribution >= 4 is 40.6 Å². The molecule has 6 nitrogen and oxygen atoms in total. The minimum Gasteiger partial charge on any atom is -0.496 e. The molecule has 3 aromatic carbocycles. The molecule has 0 bridgehead atoms. The average molecular weight is 521 g/mol. The Morgan fingerprint density at radius 2 is 1.86 bits per heavy atom. The highest BCUT2D eigenvalue weighted by Crippen LogP contribution is 2.45. The van der Waals surface area contributed by atoms with Gasteiger partial charge in [-0.2, -0.15) is 0 Å². The van der Waals surface area contributed by atoms with E-state index in [0.717, 1.165) is 30.2 Å². The molecule has 5 rings (SSSR count). The summed E-state index contributed by atoms with van der Waals surface area (Å²) in [6.07, 6.45) is 3.57. The van der Waals surface area contributed by atoms with Crippen LogP contribution in [0.1, 0.15) is 52.0 Å². The summed E-state index contributed by atoms with van der Waals surface area (Å²) in [5.74, 6) is -0.849. The zero-order valence-corrected chi connectivity index (χ0v) is 21.1. The monoisotopic (exact) mass is 520 g/mol. The number of benzene rings is 3. The predicted octanol–water partition coefficient (Wildman–Crippen LogP) is 6.07. The predicted molar refractivity (Wildman–Crippen MR) is 140 cm³/mol. The largest absolute Gasteiger partial charge is 0.496 e. The maximum Gasteiger partial charge on any atom is 0.262 e. The number of hydrogen-bond donors (Lipinski definition) is 1. The van der Waals surface area contributed by atoms with Crippen LogP contribution in [0.4, 0.5) is 15.8 Å². The van der Waals surface area contributed by atoms with Gasteiger partial charge in [0.25, 0.3) is 11.8 Å². The Kier molecular flexibility index (Phi) is 6.73. The second kappa shape index (κ2) is 9.98. The smallest absolute Gasteiger partial charge is 0.262 e. The molecular weight excluding hydrogens is 495 g/mol. The lowest BCUT2D eigenvalue weighted by Gasteiger charge is -2.26. The molecule has 3 aromatic rings. The molecule has 1 aliphatic carbocycles. The Morgan fingerprint density at radius 1 is 1.05 bits per heavy atom. The van der Waals surface area contributed by atoms with Crippen LogP contribution in [-0.2, 0) is 11.2 Å². The van der Waals surface area contributed by atoms with Crippen LogP contribution in [0.15, 0.2) is 60.7 Å². The number of Topliss-reactive ketones (excluding diaryl/α,β-unsaturated/α-hetero) is 1. The summed E-state index contributed by atoms with van der Waals surface area (Å²) in [5, 5.41) is 2.80. The zero-order chi connectivity index (χ0) is 26.2. The lowest BCUT2D eigenvalue weighted by Crippen LogP contribution is -2.35. The molecule has 2 amide bonds. The number of para-hydroxylation sites is 1. The SMILES string of the molecule is COc1cc(NC(=O)c2cc(F)ccc2Cl)ccc1C(=O)N1CCC2(CCCC2=O)Cc2ccccc21. The van der Waals surface area contributed by atoms with E-state index in [4.69, 9.17) is 16.3 Å². The standard InChI is InChI=1S/C29H26ClFN2O4/c1-37-25-16-20(32-27(35)22-15-19(31)8-11-23(22)30)9-10-21(25)28(36)33-14-13-29(12-4-7-26(29)34)17-18-5-2-3-6-24(18)33/h2-3,5-6,8-11,15-16H,4,7,12-14,17H2,1H3,(H,32,35). The molecule has 8 heteroatoms. The molecule has 1 atom stereocenters. The van der Waals surface area contributed by atoms with Crippen molar-refractivity contribution in [2.24, 2.45) is 5.41 Å². The summed E-state index contributed by atoms with van der Waals surface area (Å²) < 4.78 is 19.1. The van der Waals surface area contributed by atoms with Gasteiger partial charge in [-0.3, -0.25) is 14.4 Å². The molecule has 1 heterocycles. The Bertz CT molecular complexity index is 1410. The van der Waals surface area contributed by atoms with Crippen molar-refractivity contribution in [2.75, 3.05) is 23.9 Å². The zero-order valence-electron chi connectivity index (χ0n) is 20.4. The summed E-state index contributed by atoms with van der Waals surface area (Å²) >= 11 is 6.05. The van der Waals surface area contributed by atoms with E-state index < -0.39 is 17.1 Å². The first-order valence-electron chi connectivity index (χ1n) is 12.2. The van der Waals surface area contributed by atoms with E-state index >= 15 is 0 Å². The van der Waals surface area contributed by atoms with E-state index in [1.165, 1.54) is 19.2 Å². The summed E-state index contributed by atoms with van der Waals surface area (Å²) in [6, 6.07) is 16.0. The van der Waals surface area contributed by atoms with Gasteiger partial charge in [-0.25, -0.2) is 4.39 Å². The normalized spacial score (nSPS) is 18.9. The third-order valence-corrected chi connectivity index (χ3v) is 7.71. The van der Waals surface area contributed by atoms with Gasteiger partial charge < -0.3 is 15.0 Å². The van der Waals surface area contributed by atoms with Gasteiger partial charge in [-0.1, -0.05) is 29.8 Å². The van der Waals surface area contributed by atoms with E-state index in [0.29, 0.717) is 37.1 Å². The Balaban J connectivity index is 1.43. The molecule has 1 unspecified atom stereocenters. The van der Waals surface area contributed by atoms with Gasteiger partial charge in [-0.05, 0) is 67.6 Å². The molecule has 1 N–H and O–H groups in total. The number of nitrogens with one attached hydrogen (secondary N) is 1. The number of amides is 2. The maximum absolute atomic E-state index is 13.8. The van der Waals surface area contributed by atoms with Crippen LogP contribution in [0.3, 0.4) is 0 Å². The van der Waals surface area contributed by atoms with E-state index in [2.05, 4.69) is 5.32 Å². The molecule has 37 heavy (non-hydrogen) atoms. The average Bonchev–Trinajstić information content (AvgIpc) is 3.15. The van der Waals surface area contributed by atoms with Crippen LogP contribution in [0, 0.1) is 11.2 Å². The summed E-state index contributed by atoms with van der Waals surface area (Å²) in [4.78, 5) is 41.1. The number of rotatable bonds is 4. The minimum absolute atomic E-state index is 0.00245. The Hall–Kier alpha value is -3.71. The van der Waals surface area contributed by atoms with Gasteiger partial charge in [0.1, 0.15) is 17.3 Å². The number of anilines is 2. The number of nitrogens with zero attached hydrogens (tertiary/aromatic N) is 1. The van der Waals surface area contributed by atoms with Gasteiger partial charge >= 0.3 is 0 Å². The Labute approximate surface area is 219 Å². The fourth-order valence-corrected chi connectivity index (χ4v) is 5.64. The van der Waals surface area contributed by atoms with E-state index in [1.54, 1.807) is 23.1 Å². The number of carbonyl (C=O) groups excluding carboxylic acids is 3. The van der Waals surface area contributed by atoms with Crippen molar-refractivity contribution in [3.8, 4) is 5.75 Å². The first-order chi connectivity index (χ1) is 17.8. The third kappa shape index (κ3) is 4.71. The summed E-state index contributed by atoms with van der Waals surface area (Å²) in [7, 11) is 1.45. The first-order valence-corrected chi connectivity index (χ1v) is 12.6. The fraction of sp³-hybridized carbons (Fsp3) is 0.276. The molecule has 1 spiro atoms. The number of carbonyl (C=O) groups is 3. The van der Waals surface area contributed by atoms with Crippen LogP contribution in [0.25, 0.3) is 0 Å².